The monoisotopic (exact) mass is 552 g/mol. The minimum Gasteiger partial charge on any atom is -0.507 e. The second-order valence-electron chi connectivity index (χ2n) is 10.5. The lowest BCUT2D eigenvalue weighted by molar-refractivity contribution is -0.122. The second-order valence-corrected chi connectivity index (χ2v) is 10.5. The molecule has 0 radical (unpaired) electrons. The van der Waals surface area contributed by atoms with E-state index < -0.39 is 11.6 Å². The van der Waals surface area contributed by atoms with Gasteiger partial charge in [0.2, 0.25) is 11.7 Å². The fraction of sp³-hybridized carbons (Fsp3) is 0.500. The number of likely N-dealkylation sites (N-methyl/N-ethyl adjacent to an activating group) is 1. The van der Waals surface area contributed by atoms with Gasteiger partial charge in [-0.05, 0) is 84.2 Å². The average Bonchev–Trinajstić information content (AvgIpc) is 2.97. The topological polar surface area (TPSA) is 149 Å². The average molecular weight is 553 g/mol. The van der Waals surface area contributed by atoms with E-state index in [4.69, 9.17) is 4.74 Å². The van der Waals surface area contributed by atoms with Crippen LogP contribution in [0.15, 0.2) is 18.2 Å². The summed E-state index contributed by atoms with van der Waals surface area (Å²) in [6.45, 7) is 5.75. The third-order valence-corrected chi connectivity index (χ3v) is 7.92. The normalized spacial score (nSPS) is 16.6. The van der Waals surface area contributed by atoms with Gasteiger partial charge in [0, 0.05) is 23.2 Å². The molecule has 0 spiro atoms. The summed E-state index contributed by atoms with van der Waals surface area (Å²) in [5, 5.41) is 35.0. The van der Waals surface area contributed by atoms with Crippen LogP contribution in [0.5, 0.6) is 17.2 Å². The maximum atomic E-state index is 13.4. The van der Waals surface area contributed by atoms with Crippen molar-refractivity contribution in [3.05, 3.63) is 51.6 Å². The molecule has 2 atom stereocenters. The van der Waals surface area contributed by atoms with Crippen molar-refractivity contribution in [2.45, 2.75) is 45.1 Å². The molecule has 0 aliphatic heterocycles. The lowest BCUT2D eigenvalue weighted by atomic mass is 9.75. The first kappa shape index (κ1) is 29.5. The van der Waals surface area contributed by atoms with Crippen molar-refractivity contribution >= 4 is 17.5 Å². The summed E-state index contributed by atoms with van der Waals surface area (Å²) in [6, 6.07) is 4.59. The highest BCUT2D eigenvalue weighted by molar-refractivity contribution is 6.31. The number of ether oxygens (including phenoxy) is 1. The van der Waals surface area contributed by atoms with E-state index in [1.807, 2.05) is 6.92 Å². The maximum absolute atomic E-state index is 13.4. The van der Waals surface area contributed by atoms with E-state index in [1.165, 1.54) is 7.11 Å². The first-order valence-corrected chi connectivity index (χ1v) is 14.0. The zero-order chi connectivity index (χ0) is 28.8. The molecule has 0 bridgehead atoms. The van der Waals surface area contributed by atoms with Crippen LogP contribution in [0.3, 0.4) is 0 Å². The molecule has 4 rings (SSSR count). The number of hydrogen-bond acceptors (Lipinski definition) is 9. The molecule has 2 aromatic carbocycles. The number of fused-ring (bicyclic) bond motifs is 3. The molecule has 216 valence electrons. The number of ketones is 2. The van der Waals surface area contributed by atoms with Gasteiger partial charge in [-0.3, -0.25) is 14.4 Å². The van der Waals surface area contributed by atoms with Crippen molar-refractivity contribution in [1.29, 1.82) is 0 Å². The maximum Gasteiger partial charge on any atom is 0.236 e. The first-order valence-electron chi connectivity index (χ1n) is 14.0. The molecule has 0 heterocycles. The summed E-state index contributed by atoms with van der Waals surface area (Å²) < 4.78 is 5.30. The molecule has 2 unspecified atom stereocenters. The van der Waals surface area contributed by atoms with E-state index in [-0.39, 0.29) is 57.4 Å². The number of benzene rings is 2. The minimum absolute atomic E-state index is 0.00605. The number of rotatable bonds is 13. The molecule has 2 aromatic rings. The lowest BCUT2D eigenvalue weighted by Crippen LogP contribution is -2.41. The third kappa shape index (κ3) is 5.99. The SMILES string of the molecule is CNC(C)C(=O)NCCCNCCCNCC1CCc2c(O)c3c(c(O)c2C1)C(=O)c1cccc(OC)c1C3=O. The molecular formula is C30H40N4O6. The second kappa shape index (κ2) is 13.3. The van der Waals surface area contributed by atoms with Gasteiger partial charge in [0.1, 0.15) is 17.2 Å². The van der Waals surface area contributed by atoms with E-state index in [1.54, 1.807) is 25.2 Å². The Morgan fingerprint density at radius 2 is 1.65 bits per heavy atom. The van der Waals surface area contributed by atoms with E-state index >= 15 is 0 Å². The Labute approximate surface area is 234 Å². The quantitative estimate of drug-likeness (QED) is 0.138. The Morgan fingerprint density at radius 1 is 0.975 bits per heavy atom. The highest BCUT2D eigenvalue weighted by Gasteiger charge is 2.40. The van der Waals surface area contributed by atoms with Gasteiger partial charge in [0.25, 0.3) is 0 Å². The molecule has 40 heavy (non-hydrogen) atoms. The Hall–Kier alpha value is -3.47. The Bertz CT molecular complexity index is 1280. The minimum atomic E-state index is -0.511. The molecule has 0 aromatic heterocycles. The highest BCUT2D eigenvalue weighted by atomic mass is 16.5. The van der Waals surface area contributed by atoms with E-state index in [9.17, 15) is 24.6 Å². The molecule has 2 aliphatic rings. The van der Waals surface area contributed by atoms with Crippen LogP contribution in [0.25, 0.3) is 0 Å². The predicted molar refractivity (Wildman–Crippen MR) is 152 cm³/mol. The standard InChI is InChI=1S/C30H40N4O6/c1-17(31-2)30(39)34-14-6-12-32-11-5-13-33-16-18-9-10-19-21(15-18)28(37)24-25(26(19)35)29(38)23-20(27(24)36)7-4-8-22(23)40-3/h4,7-8,17-18,31-33,35,37H,5-6,9-16H2,1-3H3,(H,34,39). The number of methoxy groups -OCH3 is 1. The van der Waals surface area contributed by atoms with E-state index in [0.717, 1.165) is 45.4 Å². The Balaban J connectivity index is 1.28. The predicted octanol–water partition coefficient (Wildman–Crippen LogP) is 1.67. The number of phenolic OH excluding ortho intramolecular Hbond substituents is 2. The van der Waals surface area contributed by atoms with Crippen molar-refractivity contribution < 1.29 is 29.3 Å². The van der Waals surface area contributed by atoms with Crippen molar-refractivity contribution in [2.24, 2.45) is 5.92 Å². The molecule has 0 saturated carbocycles. The fourth-order valence-corrected chi connectivity index (χ4v) is 5.53. The van der Waals surface area contributed by atoms with Crippen LogP contribution in [0.2, 0.25) is 0 Å². The molecule has 10 heteroatoms. The molecule has 0 fully saturated rings. The lowest BCUT2D eigenvalue weighted by Gasteiger charge is -2.30. The molecular weight excluding hydrogens is 512 g/mol. The summed E-state index contributed by atoms with van der Waals surface area (Å²) >= 11 is 0. The Morgan fingerprint density at radius 3 is 2.38 bits per heavy atom. The summed E-state index contributed by atoms with van der Waals surface area (Å²) in [5.74, 6) is -0.889. The van der Waals surface area contributed by atoms with Gasteiger partial charge in [-0.15, -0.1) is 0 Å². The van der Waals surface area contributed by atoms with Gasteiger partial charge < -0.3 is 36.2 Å². The summed E-state index contributed by atoms with van der Waals surface area (Å²) in [7, 11) is 3.19. The first-order chi connectivity index (χ1) is 19.3. The van der Waals surface area contributed by atoms with Gasteiger partial charge >= 0.3 is 0 Å². The molecule has 6 N–H and O–H groups in total. The third-order valence-electron chi connectivity index (χ3n) is 7.92. The van der Waals surface area contributed by atoms with Crippen molar-refractivity contribution in [2.75, 3.05) is 46.9 Å². The number of amides is 1. The zero-order valence-electron chi connectivity index (χ0n) is 23.5. The van der Waals surface area contributed by atoms with Crippen LogP contribution >= 0.6 is 0 Å². The number of phenols is 2. The number of carbonyl (C=O) groups is 3. The van der Waals surface area contributed by atoms with Crippen molar-refractivity contribution in [3.63, 3.8) is 0 Å². The van der Waals surface area contributed by atoms with Gasteiger partial charge in [-0.1, -0.05) is 12.1 Å². The van der Waals surface area contributed by atoms with Crippen molar-refractivity contribution in [1.82, 2.24) is 21.3 Å². The van der Waals surface area contributed by atoms with Crippen LogP contribution in [0.1, 0.15) is 69.2 Å². The zero-order valence-corrected chi connectivity index (χ0v) is 23.5. The van der Waals surface area contributed by atoms with Gasteiger partial charge in [-0.25, -0.2) is 0 Å². The van der Waals surface area contributed by atoms with E-state index in [0.29, 0.717) is 30.5 Å². The van der Waals surface area contributed by atoms with Crippen LogP contribution < -0.4 is 26.0 Å². The van der Waals surface area contributed by atoms with Crippen LogP contribution in [-0.4, -0.2) is 80.6 Å². The largest absolute Gasteiger partial charge is 0.507 e. The summed E-state index contributed by atoms with van der Waals surface area (Å²) in [4.78, 5) is 38.5. The van der Waals surface area contributed by atoms with E-state index in [2.05, 4.69) is 21.3 Å². The van der Waals surface area contributed by atoms with Crippen LogP contribution in [0.4, 0.5) is 0 Å². The molecule has 1 amide bonds. The van der Waals surface area contributed by atoms with Gasteiger partial charge in [0.05, 0.1) is 29.8 Å². The van der Waals surface area contributed by atoms with Crippen LogP contribution in [-0.2, 0) is 17.6 Å². The smallest absolute Gasteiger partial charge is 0.236 e. The number of aromatic hydroxyl groups is 2. The number of carbonyl (C=O) groups excluding carboxylic acids is 3. The van der Waals surface area contributed by atoms with Crippen LogP contribution in [0, 0.1) is 5.92 Å². The van der Waals surface area contributed by atoms with Gasteiger partial charge in [0.15, 0.2) is 5.78 Å². The van der Waals surface area contributed by atoms with Crippen molar-refractivity contribution in [3.8, 4) is 17.2 Å². The van der Waals surface area contributed by atoms with Gasteiger partial charge in [-0.2, -0.15) is 0 Å². The fourth-order valence-electron chi connectivity index (χ4n) is 5.53. The summed E-state index contributed by atoms with van der Waals surface area (Å²) in [5.41, 5.74) is 1.15. The molecule has 2 aliphatic carbocycles. The Kier molecular flexibility index (Phi) is 9.78. The number of nitrogens with one attached hydrogen (secondary N) is 4. The number of hydrogen-bond donors (Lipinski definition) is 6. The highest BCUT2D eigenvalue weighted by Crippen LogP contribution is 2.47. The summed E-state index contributed by atoms with van der Waals surface area (Å²) in [6.07, 6.45) is 3.64. The molecule has 10 nitrogen and oxygen atoms in total. The molecule has 0 saturated heterocycles.